The lowest BCUT2D eigenvalue weighted by molar-refractivity contribution is 0.00528. The van der Waals surface area contributed by atoms with E-state index in [2.05, 4.69) is 84.9 Å². The molecule has 5 aromatic carbocycles. The van der Waals surface area contributed by atoms with Crippen molar-refractivity contribution in [3.05, 3.63) is 167 Å². The molecule has 250 valence electrons. The molecule has 0 aliphatic heterocycles. The van der Waals surface area contributed by atoms with Gasteiger partial charge < -0.3 is 18.9 Å². The van der Waals surface area contributed by atoms with Gasteiger partial charge in [0.1, 0.15) is 12.4 Å². The SMILES string of the molecule is Cc1ccc(S(=O)(=O)OCCOCCOCCOCCOc2ccc(C(c3ccccc3)(c3ccccc3)c3ccccc3)cc2)cc1. The second-order valence-electron chi connectivity index (χ2n) is 11.1. The van der Waals surface area contributed by atoms with Crippen molar-refractivity contribution in [3.63, 3.8) is 0 Å². The lowest BCUT2D eigenvalue weighted by atomic mass is 9.65. The molecule has 0 aliphatic rings. The van der Waals surface area contributed by atoms with E-state index in [9.17, 15) is 8.42 Å². The Labute approximate surface area is 284 Å². The summed E-state index contributed by atoms with van der Waals surface area (Å²) in [5, 5.41) is 0. The average molecular weight is 667 g/mol. The van der Waals surface area contributed by atoms with E-state index >= 15 is 0 Å². The Morgan fingerprint density at radius 2 is 0.854 bits per heavy atom. The Kier molecular flexibility index (Phi) is 12.9. The molecule has 0 bridgehead atoms. The third-order valence-electron chi connectivity index (χ3n) is 7.92. The van der Waals surface area contributed by atoms with Crippen molar-refractivity contribution < 1.29 is 31.5 Å². The molecule has 0 spiro atoms. The second kappa shape index (κ2) is 17.7. The molecule has 0 heterocycles. The Balaban J connectivity index is 1.03. The summed E-state index contributed by atoms with van der Waals surface area (Å²) in [6.07, 6.45) is 0. The van der Waals surface area contributed by atoms with Gasteiger partial charge in [-0.1, -0.05) is 121 Å². The van der Waals surface area contributed by atoms with Gasteiger partial charge in [0.15, 0.2) is 0 Å². The molecule has 8 heteroatoms. The van der Waals surface area contributed by atoms with E-state index in [-0.39, 0.29) is 18.1 Å². The van der Waals surface area contributed by atoms with E-state index in [4.69, 9.17) is 23.1 Å². The van der Waals surface area contributed by atoms with Gasteiger partial charge in [-0.05, 0) is 53.4 Å². The maximum absolute atomic E-state index is 12.2. The minimum Gasteiger partial charge on any atom is -0.491 e. The molecule has 0 saturated heterocycles. The number of benzene rings is 5. The Morgan fingerprint density at radius 1 is 0.458 bits per heavy atom. The first-order valence-corrected chi connectivity index (χ1v) is 17.5. The standard InChI is InChI=1S/C40H42O7S/c1-33-17-23-39(24-18-33)48(41,42)47-32-30-45-28-26-43-25-27-44-29-31-46-38-21-19-37(20-22-38)40(34-11-5-2-6-12-34,35-13-7-3-8-14-35)36-15-9-4-10-16-36/h2-24H,25-32H2,1H3. The number of ether oxygens (including phenoxy) is 4. The average Bonchev–Trinajstić information content (AvgIpc) is 3.13. The lowest BCUT2D eigenvalue weighted by Crippen LogP contribution is -2.30. The summed E-state index contributed by atoms with van der Waals surface area (Å²) in [6.45, 7) is 4.35. The van der Waals surface area contributed by atoms with Crippen molar-refractivity contribution >= 4 is 10.1 Å². The number of rotatable bonds is 19. The minimum atomic E-state index is -3.79. The summed E-state index contributed by atoms with van der Waals surface area (Å²) in [4.78, 5) is 0.132. The van der Waals surface area contributed by atoms with Crippen molar-refractivity contribution in [2.24, 2.45) is 0 Å². The van der Waals surface area contributed by atoms with Gasteiger partial charge in [0.05, 0.1) is 56.6 Å². The Hall–Kier alpha value is -4.31. The maximum Gasteiger partial charge on any atom is 0.297 e. The third kappa shape index (κ3) is 9.18. The van der Waals surface area contributed by atoms with Crippen LogP contribution in [0.4, 0.5) is 0 Å². The minimum absolute atomic E-state index is 0.0595. The smallest absolute Gasteiger partial charge is 0.297 e. The van der Waals surface area contributed by atoms with Crippen LogP contribution in [0.15, 0.2) is 144 Å². The van der Waals surface area contributed by atoms with Gasteiger partial charge in [0.2, 0.25) is 0 Å². The van der Waals surface area contributed by atoms with Crippen LogP contribution in [0.1, 0.15) is 27.8 Å². The fraction of sp³-hybridized carbons (Fsp3) is 0.250. The van der Waals surface area contributed by atoms with Crippen LogP contribution in [0.5, 0.6) is 5.75 Å². The third-order valence-corrected chi connectivity index (χ3v) is 9.25. The summed E-state index contributed by atoms with van der Waals surface area (Å²) >= 11 is 0. The van der Waals surface area contributed by atoms with Crippen molar-refractivity contribution in [1.29, 1.82) is 0 Å². The number of hydrogen-bond acceptors (Lipinski definition) is 7. The molecular weight excluding hydrogens is 625 g/mol. The molecule has 0 atom stereocenters. The van der Waals surface area contributed by atoms with E-state index in [1.807, 2.05) is 37.3 Å². The van der Waals surface area contributed by atoms with Crippen LogP contribution >= 0.6 is 0 Å². The molecule has 5 aromatic rings. The fourth-order valence-electron chi connectivity index (χ4n) is 5.60. The van der Waals surface area contributed by atoms with Crippen LogP contribution in [0, 0.1) is 6.92 Å². The summed E-state index contributed by atoms with van der Waals surface area (Å²) in [7, 11) is -3.79. The predicted octanol–water partition coefficient (Wildman–Crippen LogP) is 7.21. The molecule has 48 heavy (non-hydrogen) atoms. The highest BCUT2D eigenvalue weighted by atomic mass is 32.2. The van der Waals surface area contributed by atoms with Crippen molar-refractivity contribution in [2.75, 3.05) is 52.9 Å². The van der Waals surface area contributed by atoms with Gasteiger partial charge in [-0.3, -0.25) is 4.18 Å². The highest BCUT2D eigenvalue weighted by Crippen LogP contribution is 2.45. The molecule has 5 rings (SSSR count). The topological polar surface area (TPSA) is 80.3 Å². The highest BCUT2D eigenvalue weighted by molar-refractivity contribution is 7.86. The van der Waals surface area contributed by atoms with Gasteiger partial charge in [0.25, 0.3) is 10.1 Å². The zero-order valence-electron chi connectivity index (χ0n) is 27.2. The summed E-state index contributed by atoms with van der Waals surface area (Å²) in [5.74, 6) is 0.773. The van der Waals surface area contributed by atoms with Gasteiger partial charge in [-0.15, -0.1) is 0 Å². The second-order valence-corrected chi connectivity index (χ2v) is 12.8. The van der Waals surface area contributed by atoms with Crippen molar-refractivity contribution in [1.82, 2.24) is 0 Å². The summed E-state index contributed by atoms with van der Waals surface area (Å²) < 4.78 is 52.0. The van der Waals surface area contributed by atoms with Crippen LogP contribution in [0.2, 0.25) is 0 Å². The first-order valence-electron chi connectivity index (χ1n) is 16.1. The van der Waals surface area contributed by atoms with E-state index in [1.54, 1.807) is 12.1 Å². The van der Waals surface area contributed by atoms with E-state index in [0.29, 0.717) is 39.6 Å². The molecule has 0 saturated carbocycles. The molecule has 0 unspecified atom stereocenters. The molecule has 0 amide bonds. The monoisotopic (exact) mass is 666 g/mol. The predicted molar refractivity (Wildman–Crippen MR) is 187 cm³/mol. The zero-order chi connectivity index (χ0) is 33.5. The van der Waals surface area contributed by atoms with E-state index in [0.717, 1.165) is 16.9 Å². The van der Waals surface area contributed by atoms with Gasteiger partial charge in [-0.2, -0.15) is 8.42 Å². The van der Waals surface area contributed by atoms with Gasteiger partial charge in [-0.25, -0.2) is 0 Å². The molecule has 0 radical (unpaired) electrons. The maximum atomic E-state index is 12.2. The number of aryl methyl sites for hydroxylation is 1. The lowest BCUT2D eigenvalue weighted by Gasteiger charge is -2.36. The fourth-order valence-corrected chi connectivity index (χ4v) is 6.49. The van der Waals surface area contributed by atoms with Crippen LogP contribution in [-0.2, 0) is 33.9 Å². The van der Waals surface area contributed by atoms with Crippen LogP contribution in [0.3, 0.4) is 0 Å². The van der Waals surface area contributed by atoms with Crippen molar-refractivity contribution in [2.45, 2.75) is 17.2 Å². The first kappa shape index (κ1) is 35.0. The first-order chi connectivity index (χ1) is 23.5. The highest BCUT2D eigenvalue weighted by Gasteiger charge is 2.38. The molecule has 0 fully saturated rings. The zero-order valence-corrected chi connectivity index (χ0v) is 28.0. The largest absolute Gasteiger partial charge is 0.491 e. The van der Waals surface area contributed by atoms with Crippen LogP contribution in [-0.4, -0.2) is 61.3 Å². The molecular formula is C40H42O7S. The van der Waals surface area contributed by atoms with E-state index < -0.39 is 15.5 Å². The summed E-state index contributed by atoms with van der Waals surface area (Å²) in [6, 6.07) is 46.7. The molecule has 0 aromatic heterocycles. The quantitative estimate of drug-likeness (QED) is 0.0524. The van der Waals surface area contributed by atoms with E-state index in [1.165, 1.54) is 28.8 Å². The Bertz CT molecular complexity index is 1650. The molecule has 0 aliphatic carbocycles. The van der Waals surface area contributed by atoms with Gasteiger partial charge >= 0.3 is 0 Å². The normalized spacial score (nSPS) is 11.8. The molecule has 0 N–H and O–H groups in total. The van der Waals surface area contributed by atoms with Crippen LogP contribution in [0.25, 0.3) is 0 Å². The Morgan fingerprint density at radius 3 is 1.31 bits per heavy atom. The number of hydrogen-bond donors (Lipinski definition) is 0. The summed E-state index contributed by atoms with van der Waals surface area (Å²) in [5.41, 5.74) is 5.21. The van der Waals surface area contributed by atoms with Crippen LogP contribution < -0.4 is 4.74 Å². The van der Waals surface area contributed by atoms with Gasteiger partial charge in [0, 0.05) is 0 Å². The van der Waals surface area contributed by atoms with Crippen molar-refractivity contribution in [3.8, 4) is 5.75 Å². The molecule has 7 nitrogen and oxygen atoms in total.